The number of carbonyl (C=O) groups is 2. The number of hydrogen-bond donors (Lipinski definition) is 0. The average Bonchev–Trinajstić information content (AvgIpc) is 2.43. The summed E-state index contributed by atoms with van der Waals surface area (Å²) in [6, 6.07) is 0.961. The van der Waals surface area contributed by atoms with E-state index in [0.29, 0.717) is 22.5 Å². The fourth-order valence-corrected chi connectivity index (χ4v) is 1.81. The molecule has 14 heavy (non-hydrogen) atoms. The molecule has 0 spiro atoms. The van der Waals surface area contributed by atoms with Crippen LogP contribution in [0.25, 0.3) is 0 Å². The SMILES string of the molecule is Cc1sc(C(=O)C(F)(F)F)cc1C=O. The van der Waals surface area contributed by atoms with Gasteiger partial charge in [0.05, 0.1) is 4.88 Å². The van der Waals surface area contributed by atoms with Gasteiger partial charge in [0, 0.05) is 10.4 Å². The molecule has 0 bridgehead atoms. The van der Waals surface area contributed by atoms with E-state index in [2.05, 4.69) is 0 Å². The first-order chi connectivity index (χ1) is 6.36. The molecule has 1 rings (SSSR count). The second kappa shape index (κ2) is 3.53. The molecular formula is C8H5F3O2S. The third kappa shape index (κ3) is 2.01. The molecule has 0 radical (unpaired) electrons. The molecule has 6 heteroatoms. The zero-order valence-corrected chi connectivity index (χ0v) is 7.83. The lowest BCUT2D eigenvalue weighted by Crippen LogP contribution is -2.21. The molecule has 1 aromatic rings. The summed E-state index contributed by atoms with van der Waals surface area (Å²) in [5.74, 6) is -1.90. The standard InChI is InChI=1S/C8H5F3O2S/c1-4-5(3-12)2-6(14-4)7(13)8(9,10)11/h2-3H,1H3. The Morgan fingerprint density at radius 1 is 1.50 bits per heavy atom. The second-order valence-electron chi connectivity index (χ2n) is 2.57. The Hall–Kier alpha value is -1.17. The highest BCUT2D eigenvalue weighted by Crippen LogP contribution is 2.27. The lowest BCUT2D eigenvalue weighted by molar-refractivity contribution is -0.0882. The molecule has 0 fully saturated rings. The highest BCUT2D eigenvalue weighted by Gasteiger charge is 2.40. The van der Waals surface area contributed by atoms with Gasteiger partial charge in [-0.05, 0) is 13.0 Å². The van der Waals surface area contributed by atoms with Gasteiger partial charge < -0.3 is 0 Å². The Bertz CT molecular complexity index is 378. The molecule has 0 atom stereocenters. The summed E-state index contributed by atoms with van der Waals surface area (Å²) < 4.78 is 35.8. The van der Waals surface area contributed by atoms with Gasteiger partial charge in [-0.25, -0.2) is 0 Å². The second-order valence-corrected chi connectivity index (χ2v) is 3.82. The number of aryl methyl sites for hydroxylation is 1. The molecule has 2 nitrogen and oxygen atoms in total. The van der Waals surface area contributed by atoms with Crippen LogP contribution in [-0.4, -0.2) is 18.2 Å². The molecule has 0 saturated heterocycles. The smallest absolute Gasteiger partial charge is 0.298 e. The van der Waals surface area contributed by atoms with Crippen molar-refractivity contribution in [2.45, 2.75) is 13.1 Å². The van der Waals surface area contributed by atoms with Crippen molar-refractivity contribution in [3.05, 3.63) is 21.4 Å². The Morgan fingerprint density at radius 3 is 2.43 bits per heavy atom. The predicted molar refractivity (Wildman–Crippen MR) is 44.8 cm³/mol. The fraction of sp³-hybridized carbons (Fsp3) is 0.250. The molecule has 0 amide bonds. The van der Waals surface area contributed by atoms with Gasteiger partial charge >= 0.3 is 6.18 Å². The molecule has 0 N–H and O–H groups in total. The maximum atomic E-state index is 11.9. The van der Waals surface area contributed by atoms with Crippen LogP contribution in [0.4, 0.5) is 13.2 Å². The highest BCUT2D eigenvalue weighted by atomic mass is 32.1. The summed E-state index contributed by atoms with van der Waals surface area (Å²) in [5.41, 5.74) is 0.127. The van der Waals surface area contributed by atoms with Gasteiger partial charge in [0.15, 0.2) is 6.29 Å². The lowest BCUT2D eigenvalue weighted by atomic mass is 10.2. The zero-order valence-electron chi connectivity index (χ0n) is 7.01. The van der Waals surface area contributed by atoms with E-state index in [0.717, 1.165) is 6.07 Å². The van der Waals surface area contributed by atoms with Crippen LogP contribution in [-0.2, 0) is 0 Å². The summed E-state index contributed by atoms with van der Waals surface area (Å²) in [6.07, 6.45) is -4.45. The first kappa shape index (κ1) is 10.9. The monoisotopic (exact) mass is 222 g/mol. The van der Waals surface area contributed by atoms with Crippen molar-refractivity contribution < 1.29 is 22.8 Å². The number of ketones is 1. The van der Waals surface area contributed by atoms with Crippen LogP contribution in [0.2, 0.25) is 0 Å². The van der Waals surface area contributed by atoms with Crippen molar-refractivity contribution in [1.29, 1.82) is 0 Å². The number of carbonyl (C=O) groups excluding carboxylic acids is 2. The Kier molecular flexibility index (Phi) is 2.75. The number of alkyl halides is 3. The fourth-order valence-electron chi connectivity index (χ4n) is 0.865. The van der Waals surface area contributed by atoms with Crippen LogP contribution in [0.5, 0.6) is 0 Å². The Balaban J connectivity index is 3.09. The maximum Gasteiger partial charge on any atom is 0.455 e. The van der Waals surface area contributed by atoms with E-state index >= 15 is 0 Å². The molecule has 0 unspecified atom stereocenters. The van der Waals surface area contributed by atoms with Gasteiger partial charge in [0.25, 0.3) is 5.78 Å². The van der Waals surface area contributed by atoms with Crippen molar-refractivity contribution in [3.63, 3.8) is 0 Å². The molecular weight excluding hydrogens is 217 g/mol. The minimum absolute atomic E-state index is 0.127. The largest absolute Gasteiger partial charge is 0.455 e. The van der Waals surface area contributed by atoms with Crippen LogP contribution in [0.3, 0.4) is 0 Å². The van der Waals surface area contributed by atoms with Crippen LogP contribution < -0.4 is 0 Å². The normalized spacial score (nSPS) is 11.4. The minimum atomic E-state index is -4.88. The molecule has 1 aromatic heterocycles. The van der Waals surface area contributed by atoms with E-state index in [4.69, 9.17) is 0 Å². The number of hydrogen-bond acceptors (Lipinski definition) is 3. The molecule has 76 valence electrons. The Morgan fingerprint density at radius 2 is 2.07 bits per heavy atom. The van der Waals surface area contributed by atoms with E-state index < -0.39 is 16.8 Å². The zero-order chi connectivity index (χ0) is 10.9. The first-order valence-corrected chi connectivity index (χ1v) is 4.35. The predicted octanol–water partition coefficient (Wildman–Crippen LogP) is 2.61. The summed E-state index contributed by atoms with van der Waals surface area (Å²) in [7, 11) is 0. The summed E-state index contributed by atoms with van der Waals surface area (Å²) in [4.78, 5) is 21.0. The molecule has 0 aliphatic heterocycles. The van der Waals surface area contributed by atoms with E-state index in [9.17, 15) is 22.8 Å². The van der Waals surface area contributed by atoms with Crippen LogP contribution in [0.1, 0.15) is 24.9 Å². The van der Waals surface area contributed by atoms with Gasteiger partial charge in [0.2, 0.25) is 0 Å². The minimum Gasteiger partial charge on any atom is -0.298 e. The van der Waals surface area contributed by atoms with Crippen LogP contribution in [0, 0.1) is 6.92 Å². The number of rotatable bonds is 2. The third-order valence-corrected chi connectivity index (χ3v) is 2.63. The number of Topliss-reactive ketones (excluding diaryl/α,β-unsaturated/α-hetero) is 1. The van der Waals surface area contributed by atoms with Crippen molar-refractivity contribution in [1.82, 2.24) is 0 Å². The topological polar surface area (TPSA) is 34.1 Å². The van der Waals surface area contributed by atoms with Crippen molar-refractivity contribution in [2.75, 3.05) is 0 Å². The third-order valence-electron chi connectivity index (χ3n) is 1.56. The molecule has 0 aliphatic rings. The van der Waals surface area contributed by atoms with Crippen molar-refractivity contribution >= 4 is 23.4 Å². The number of thiophene rings is 1. The summed E-state index contributed by atoms with van der Waals surface area (Å²) in [5, 5.41) is 0. The molecule has 0 aliphatic carbocycles. The quantitative estimate of drug-likeness (QED) is 0.569. The van der Waals surface area contributed by atoms with E-state index in [1.807, 2.05) is 0 Å². The van der Waals surface area contributed by atoms with Crippen molar-refractivity contribution in [3.8, 4) is 0 Å². The van der Waals surface area contributed by atoms with Crippen LogP contribution >= 0.6 is 11.3 Å². The molecule has 0 aromatic carbocycles. The Labute approximate surface area is 81.4 Å². The van der Waals surface area contributed by atoms with Gasteiger partial charge in [-0.15, -0.1) is 11.3 Å². The summed E-state index contributed by atoms with van der Waals surface area (Å²) in [6.45, 7) is 1.49. The van der Waals surface area contributed by atoms with Crippen LogP contribution in [0.15, 0.2) is 6.07 Å². The van der Waals surface area contributed by atoms with Gasteiger partial charge in [-0.3, -0.25) is 9.59 Å². The average molecular weight is 222 g/mol. The molecule has 1 heterocycles. The van der Waals surface area contributed by atoms with E-state index in [1.54, 1.807) is 0 Å². The van der Waals surface area contributed by atoms with Gasteiger partial charge in [0.1, 0.15) is 0 Å². The van der Waals surface area contributed by atoms with Gasteiger partial charge in [-0.2, -0.15) is 13.2 Å². The highest BCUT2D eigenvalue weighted by molar-refractivity contribution is 7.14. The van der Waals surface area contributed by atoms with Crippen molar-refractivity contribution in [2.24, 2.45) is 0 Å². The first-order valence-electron chi connectivity index (χ1n) is 3.53. The number of aldehydes is 1. The van der Waals surface area contributed by atoms with E-state index in [-0.39, 0.29) is 5.56 Å². The molecule has 0 saturated carbocycles. The lowest BCUT2D eigenvalue weighted by Gasteiger charge is -2.00. The summed E-state index contributed by atoms with van der Waals surface area (Å²) >= 11 is 0.673. The van der Waals surface area contributed by atoms with E-state index in [1.165, 1.54) is 6.92 Å². The maximum absolute atomic E-state index is 11.9. The van der Waals surface area contributed by atoms with Gasteiger partial charge in [-0.1, -0.05) is 0 Å². The number of halogens is 3.